The quantitative estimate of drug-likeness (QED) is 0.913. The number of allylic oxidation sites excluding steroid dienone is 2. The van der Waals surface area contributed by atoms with Crippen molar-refractivity contribution < 1.29 is 14.3 Å². The SMILES string of the molecule is C=CC1=C(C=C)C(CNC(=O)OC(C)(C)C)Cc2ccncc2O1. The number of hydrogen-bond acceptors (Lipinski definition) is 4. The number of hydrogen-bond donors (Lipinski definition) is 1. The van der Waals surface area contributed by atoms with Crippen LogP contribution in [0.5, 0.6) is 5.75 Å². The lowest BCUT2D eigenvalue weighted by atomic mass is 9.91. The molecule has 0 saturated heterocycles. The van der Waals surface area contributed by atoms with Crippen LogP contribution in [0.15, 0.2) is 55.1 Å². The van der Waals surface area contributed by atoms with Crippen LogP contribution in [0, 0.1) is 5.92 Å². The van der Waals surface area contributed by atoms with Crippen molar-refractivity contribution in [1.29, 1.82) is 0 Å². The minimum absolute atomic E-state index is 0.00617. The second-order valence-electron chi connectivity index (χ2n) is 6.60. The number of nitrogens with one attached hydrogen (secondary N) is 1. The molecule has 1 aliphatic rings. The summed E-state index contributed by atoms with van der Waals surface area (Å²) in [6.45, 7) is 13.6. The Morgan fingerprint density at radius 2 is 2.21 bits per heavy atom. The van der Waals surface area contributed by atoms with Crippen LogP contribution < -0.4 is 10.1 Å². The van der Waals surface area contributed by atoms with Crippen LogP contribution in [-0.2, 0) is 11.2 Å². The maximum Gasteiger partial charge on any atom is 0.407 e. The van der Waals surface area contributed by atoms with E-state index in [1.807, 2.05) is 26.8 Å². The first kappa shape index (κ1) is 17.8. The highest BCUT2D eigenvalue weighted by atomic mass is 16.6. The summed E-state index contributed by atoms with van der Waals surface area (Å²) >= 11 is 0. The first-order valence-electron chi connectivity index (χ1n) is 7.90. The van der Waals surface area contributed by atoms with Gasteiger partial charge in [0.2, 0.25) is 0 Å². The largest absolute Gasteiger partial charge is 0.455 e. The molecular formula is C19H24N2O3. The number of rotatable bonds is 4. The summed E-state index contributed by atoms with van der Waals surface area (Å²) < 4.78 is 11.2. The molecule has 1 aliphatic heterocycles. The summed E-state index contributed by atoms with van der Waals surface area (Å²) in [5.41, 5.74) is 1.40. The van der Waals surface area contributed by atoms with E-state index in [0.29, 0.717) is 24.5 Å². The lowest BCUT2D eigenvalue weighted by Gasteiger charge is -2.22. The van der Waals surface area contributed by atoms with E-state index in [1.165, 1.54) is 0 Å². The van der Waals surface area contributed by atoms with Gasteiger partial charge in [-0.25, -0.2) is 4.79 Å². The Kier molecular flexibility index (Phi) is 5.44. The number of amides is 1. The molecule has 128 valence electrons. The number of pyridine rings is 1. The van der Waals surface area contributed by atoms with Crippen LogP contribution in [0.3, 0.4) is 0 Å². The van der Waals surface area contributed by atoms with Crippen molar-refractivity contribution in [2.24, 2.45) is 5.92 Å². The average Bonchev–Trinajstić information content (AvgIpc) is 2.66. The van der Waals surface area contributed by atoms with Gasteiger partial charge in [0.25, 0.3) is 0 Å². The highest BCUT2D eigenvalue weighted by molar-refractivity contribution is 5.67. The summed E-state index contributed by atoms with van der Waals surface area (Å²) in [4.78, 5) is 16.0. The van der Waals surface area contributed by atoms with Crippen molar-refractivity contribution in [2.45, 2.75) is 32.8 Å². The van der Waals surface area contributed by atoms with Crippen molar-refractivity contribution in [1.82, 2.24) is 10.3 Å². The molecule has 0 fully saturated rings. The Labute approximate surface area is 143 Å². The van der Waals surface area contributed by atoms with E-state index in [9.17, 15) is 4.79 Å². The number of carbonyl (C=O) groups is 1. The van der Waals surface area contributed by atoms with E-state index < -0.39 is 11.7 Å². The average molecular weight is 328 g/mol. The van der Waals surface area contributed by atoms with Gasteiger partial charge in [-0.3, -0.25) is 4.98 Å². The third kappa shape index (κ3) is 4.47. The Morgan fingerprint density at radius 1 is 1.46 bits per heavy atom. The molecule has 5 nitrogen and oxygen atoms in total. The van der Waals surface area contributed by atoms with E-state index in [1.54, 1.807) is 24.5 Å². The Hall–Kier alpha value is -2.56. The molecule has 0 spiro atoms. The second kappa shape index (κ2) is 7.34. The maximum absolute atomic E-state index is 11.9. The molecule has 1 atom stereocenters. The number of alkyl carbamates (subject to hydrolysis) is 1. The summed E-state index contributed by atoms with van der Waals surface area (Å²) in [6.07, 6.45) is 7.08. The highest BCUT2D eigenvalue weighted by Crippen LogP contribution is 2.32. The molecule has 2 rings (SSSR count). The van der Waals surface area contributed by atoms with Gasteiger partial charge in [-0.15, -0.1) is 0 Å². The van der Waals surface area contributed by atoms with Crippen molar-refractivity contribution >= 4 is 6.09 Å². The second-order valence-corrected chi connectivity index (χ2v) is 6.60. The van der Waals surface area contributed by atoms with Crippen molar-refractivity contribution in [2.75, 3.05) is 6.54 Å². The monoisotopic (exact) mass is 328 g/mol. The van der Waals surface area contributed by atoms with E-state index >= 15 is 0 Å². The summed E-state index contributed by atoms with van der Waals surface area (Å²) in [5.74, 6) is 1.34. The van der Waals surface area contributed by atoms with Crippen LogP contribution >= 0.6 is 0 Å². The minimum atomic E-state index is -0.529. The molecule has 1 unspecified atom stereocenters. The molecule has 1 amide bonds. The molecule has 1 aromatic rings. The molecule has 0 radical (unpaired) electrons. The van der Waals surface area contributed by atoms with E-state index in [-0.39, 0.29) is 5.92 Å². The van der Waals surface area contributed by atoms with Crippen LogP contribution in [0.1, 0.15) is 26.3 Å². The predicted molar refractivity (Wildman–Crippen MR) is 93.7 cm³/mol. The molecule has 0 bridgehead atoms. The molecule has 1 N–H and O–H groups in total. The smallest absolute Gasteiger partial charge is 0.407 e. The number of ether oxygens (including phenoxy) is 2. The van der Waals surface area contributed by atoms with Crippen LogP contribution in [-0.4, -0.2) is 23.2 Å². The van der Waals surface area contributed by atoms with Gasteiger partial charge in [-0.2, -0.15) is 0 Å². The zero-order valence-electron chi connectivity index (χ0n) is 14.5. The van der Waals surface area contributed by atoms with Gasteiger partial charge >= 0.3 is 6.09 Å². The van der Waals surface area contributed by atoms with Crippen LogP contribution in [0.4, 0.5) is 4.79 Å². The zero-order valence-corrected chi connectivity index (χ0v) is 14.5. The van der Waals surface area contributed by atoms with Crippen molar-refractivity contribution in [3.8, 4) is 5.75 Å². The summed E-state index contributed by atoms with van der Waals surface area (Å²) in [5, 5.41) is 2.83. The first-order valence-corrected chi connectivity index (χ1v) is 7.90. The molecule has 0 saturated carbocycles. The number of nitrogens with zero attached hydrogens (tertiary/aromatic N) is 1. The van der Waals surface area contributed by atoms with Crippen molar-refractivity contribution in [3.63, 3.8) is 0 Å². The molecule has 5 heteroatoms. The minimum Gasteiger partial charge on any atom is -0.455 e. The molecule has 0 aromatic carbocycles. The topological polar surface area (TPSA) is 60.5 Å². The molecular weight excluding hydrogens is 304 g/mol. The summed E-state index contributed by atoms with van der Waals surface area (Å²) in [6, 6.07) is 1.92. The third-order valence-electron chi connectivity index (χ3n) is 3.58. The Balaban J connectivity index is 2.21. The number of aromatic nitrogens is 1. The normalized spacial score (nSPS) is 17.2. The predicted octanol–water partition coefficient (Wildman–Crippen LogP) is 3.78. The number of fused-ring (bicyclic) bond motifs is 1. The maximum atomic E-state index is 11.9. The Morgan fingerprint density at radius 3 is 2.83 bits per heavy atom. The molecule has 24 heavy (non-hydrogen) atoms. The molecule has 2 heterocycles. The Bertz CT molecular complexity index is 671. The number of carbonyl (C=O) groups excluding carboxylic acids is 1. The van der Waals surface area contributed by atoms with Gasteiger partial charge in [0.05, 0.1) is 6.20 Å². The highest BCUT2D eigenvalue weighted by Gasteiger charge is 2.25. The van der Waals surface area contributed by atoms with Crippen LogP contribution in [0.2, 0.25) is 0 Å². The van der Waals surface area contributed by atoms with Gasteiger partial charge < -0.3 is 14.8 Å². The first-order chi connectivity index (χ1) is 11.3. The third-order valence-corrected chi connectivity index (χ3v) is 3.58. The fourth-order valence-corrected chi connectivity index (χ4v) is 2.55. The fraction of sp³-hybridized carbons (Fsp3) is 0.368. The zero-order chi connectivity index (χ0) is 17.7. The van der Waals surface area contributed by atoms with Crippen molar-refractivity contribution in [3.05, 3.63) is 60.7 Å². The van der Waals surface area contributed by atoms with Gasteiger partial charge in [0, 0.05) is 18.7 Å². The van der Waals surface area contributed by atoms with Gasteiger partial charge in [0.15, 0.2) is 0 Å². The lowest BCUT2D eigenvalue weighted by Crippen LogP contribution is -2.36. The van der Waals surface area contributed by atoms with E-state index in [0.717, 1.165) is 11.1 Å². The standard InChI is InChI=1S/C19H24N2O3/c1-6-15-14(11-21-18(22)24-19(3,4)5)10-13-8-9-20-12-17(13)23-16(15)7-2/h6-9,12,14H,1-2,10-11H2,3-5H3,(H,21,22). The summed E-state index contributed by atoms with van der Waals surface area (Å²) in [7, 11) is 0. The van der Waals surface area contributed by atoms with Gasteiger partial charge in [-0.1, -0.05) is 19.2 Å². The van der Waals surface area contributed by atoms with Gasteiger partial charge in [0.1, 0.15) is 17.1 Å². The lowest BCUT2D eigenvalue weighted by molar-refractivity contribution is 0.0522. The van der Waals surface area contributed by atoms with Crippen LogP contribution in [0.25, 0.3) is 0 Å². The van der Waals surface area contributed by atoms with E-state index in [4.69, 9.17) is 9.47 Å². The van der Waals surface area contributed by atoms with Gasteiger partial charge in [-0.05, 0) is 50.5 Å². The molecule has 1 aromatic heterocycles. The van der Waals surface area contributed by atoms with E-state index in [2.05, 4.69) is 23.5 Å². The fourth-order valence-electron chi connectivity index (χ4n) is 2.55. The molecule has 0 aliphatic carbocycles.